The summed E-state index contributed by atoms with van der Waals surface area (Å²) in [6.07, 6.45) is 3.98. The third-order valence-corrected chi connectivity index (χ3v) is 2.74. The fourth-order valence-corrected chi connectivity index (χ4v) is 1.69. The highest BCUT2D eigenvalue weighted by Crippen LogP contribution is 2.17. The van der Waals surface area contributed by atoms with E-state index < -0.39 is 0 Å². The van der Waals surface area contributed by atoms with Crippen LogP contribution in [0.5, 0.6) is 0 Å². The Labute approximate surface area is 107 Å². The molecule has 0 aromatic heterocycles. The van der Waals surface area contributed by atoms with Crippen LogP contribution in [-0.4, -0.2) is 0 Å². The van der Waals surface area contributed by atoms with E-state index in [0.717, 1.165) is 16.8 Å². The van der Waals surface area contributed by atoms with Crippen molar-refractivity contribution < 1.29 is 0 Å². The van der Waals surface area contributed by atoms with Gasteiger partial charge in [0.2, 0.25) is 0 Å². The van der Waals surface area contributed by atoms with Gasteiger partial charge in [-0.3, -0.25) is 0 Å². The van der Waals surface area contributed by atoms with E-state index in [1.165, 1.54) is 5.56 Å². The Hall–Kier alpha value is -2.53. The van der Waals surface area contributed by atoms with Crippen LogP contribution in [-0.2, 0) is 0 Å². The molecule has 88 valence electrons. The molecule has 18 heavy (non-hydrogen) atoms. The molecule has 2 nitrogen and oxygen atoms in total. The molecule has 0 fully saturated rings. The van der Waals surface area contributed by atoms with Gasteiger partial charge in [0.1, 0.15) is 0 Å². The van der Waals surface area contributed by atoms with Crippen molar-refractivity contribution >= 4 is 17.8 Å². The van der Waals surface area contributed by atoms with E-state index in [-0.39, 0.29) is 0 Å². The Morgan fingerprint density at radius 3 is 2.44 bits per heavy atom. The van der Waals surface area contributed by atoms with Crippen molar-refractivity contribution in [2.75, 3.05) is 5.73 Å². The molecule has 0 aliphatic rings. The number of nitrogens with zero attached hydrogens (tertiary/aromatic N) is 1. The van der Waals surface area contributed by atoms with E-state index >= 15 is 0 Å². The standard InChI is InChI=1S/C16H14N2/c1-12-2-9-16(18)15(10-12)8-7-13-3-5-14(11-17)6-4-13/h2-10H,18H2,1H3/b8-7+. The first-order valence-electron chi connectivity index (χ1n) is 5.73. The van der Waals surface area contributed by atoms with Gasteiger partial charge in [0, 0.05) is 5.69 Å². The third-order valence-electron chi connectivity index (χ3n) is 2.74. The average Bonchev–Trinajstić information content (AvgIpc) is 2.40. The van der Waals surface area contributed by atoms with Gasteiger partial charge in [-0.25, -0.2) is 0 Å². The smallest absolute Gasteiger partial charge is 0.0991 e. The number of nitriles is 1. The fourth-order valence-electron chi connectivity index (χ4n) is 1.69. The van der Waals surface area contributed by atoms with Gasteiger partial charge in [0.05, 0.1) is 11.6 Å². The fraction of sp³-hybridized carbons (Fsp3) is 0.0625. The third kappa shape index (κ3) is 2.78. The highest BCUT2D eigenvalue weighted by Gasteiger charge is 1.95. The van der Waals surface area contributed by atoms with Crippen LogP contribution in [0.3, 0.4) is 0 Å². The van der Waals surface area contributed by atoms with Crippen molar-refractivity contribution in [3.05, 3.63) is 64.7 Å². The normalized spacial score (nSPS) is 10.4. The predicted octanol–water partition coefficient (Wildman–Crippen LogP) is 3.62. The van der Waals surface area contributed by atoms with Crippen LogP contribution >= 0.6 is 0 Å². The van der Waals surface area contributed by atoms with Crippen LogP contribution < -0.4 is 5.73 Å². The van der Waals surface area contributed by atoms with Crippen LogP contribution in [0, 0.1) is 18.3 Å². The second-order valence-electron chi connectivity index (χ2n) is 4.20. The van der Waals surface area contributed by atoms with Crippen molar-refractivity contribution in [1.82, 2.24) is 0 Å². The highest BCUT2D eigenvalue weighted by molar-refractivity contribution is 5.76. The lowest BCUT2D eigenvalue weighted by atomic mass is 10.1. The summed E-state index contributed by atoms with van der Waals surface area (Å²) < 4.78 is 0. The number of nitrogens with two attached hydrogens (primary N) is 1. The number of rotatable bonds is 2. The van der Waals surface area contributed by atoms with E-state index in [2.05, 4.69) is 12.1 Å². The number of aryl methyl sites for hydroxylation is 1. The Balaban J connectivity index is 2.24. The van der Waals surface area contributed by atoms with Gasteiger partial charge in [-0.2, -0.15) is 5.26 Å². The van der Waals surface area contributed by atoms with E-state index in [4.69, 9.17) is 11.0 Å². The average molecular weight is 234 g/mol. The second-order valence-corrected chi connectivity index (χ2v) is 4.20. The van der Waals surface area contributed by atoms with Gasteiger partial charge < -0.3 is 5.73 Å². The minimum absolute atomic E-state index is 0.669. The molecular formula is C16H14N2. The SMILES string of the molecule is Cc1ccc(N)c(/C=C/c2ccc(C#N)cc2)c1. The minimum atomic E-state index is 0.669. The van der Waals surface area contributed by atoms with Crippen molar-refractivity contribution in [3.8, 4) is 6.07 Å². The Morgan fingerprint density at radius 1 is 1.06 bits per heavy atom. The van der Waals surface area contributed by atoms with Crippen LogP contribution in [0.15, 0.2) is 42.5 Å². The number of anilines is 1. The summed E-state index contributed by atoms with van der Waals surface area (Å²) in [5, 5.41) is 8.72. The van der Waals surface area contributed by atoms with Gasteiger partial charge >= 0.3 is 0 Å². The first-order valence-corrected chi connectivity index (χ1v) is 5.73. The van der Waals surface area contributed by atoms with Gasteiger partial charge in [0.25, 0.3) is 0 Å². The molecule has 0 atom stereocenters. The number of hydrogen-bond donors (Lipinski definition) is 1. The van der Waals surface area contributed by atoms with Gasteiger partial charge in [-0.1, -0.05) is 35.9 Å². The van der Waals surface area contributed by atoms with Gasteiger partial charge in [-0.15, -0.1) is 0 Å². The molecule has 0 spiro atoms. The number of nitrogen functional groups attached to an aromatic ring is 1. The summed E-state index contributed by atoms with van der Waals surface area (Å²) in [5.41, 5.74) is 10.6. The molecule has 0 bridgehead atoms. The lowest BCUT2D eigenvalue weighted by Crippen LogP contribution is -1.89. The maximum Gasteiger partial charge on any atom is 0.0991 e. The van der Waals surface area contributed by atoms with Crippen molar-refractivity contribution in [3.63, 3.8) is 0 Å². The van der Waals surface area contributed by atoms with E-state index in [9.17, 15) is 0 Å². The first kappa shape index (κ1) is 11.9. The van der Waals surface area contributed by atoms with Gasteiger partial charge in [-0.05, 0) is 42.3 Å². The number of benzene rings is 2. The summed E-state index contributed by atoms with van der Waals surface area (Å²) in [7, 11) is 0. The minimum Gasteiger partial charge on any atom is -0.398 e. The molecule has 2 heteroatoms. The molecule has 0 saturated heterocycles. The monoisotopic (exact) mass is 234 g/mol. The molecule has 0 heterocycles. The molecule has 0 aliphatic carbocycles. The lowest BCUT2D eigenvalue weighted by molar-refractivity contribution is 1.46. The summed E-state index contributed by atoms with van der Waals surface area (Å²) in [4.78, 5) is 0. The van der Waals surface area contributed by atoms with E-state index in [0.29, 0.717) is 5.56 Å². The maximum atomic E-state index is 8.72. The van der Waals surface area contributed by atoms with Crippen LogP contribution in [0.4, 0.5) is 5.69 Å². The summed E-state index contributed by atoms with van der Waals surface area (Å²) in [6.45, 7) is 2.04. The van der Waals surface area contributed by atoms with Crippen LogP contribution in [0.25, 0.3) is 12.2 Å². The topological polar surface area (TPSA) is 49.8 Å². The molecule has 0 radical (unpaired) electrons. The Kier molecular flexibility index (Phi) is 3.45. The molecule has 2 aromatic rings. The molecule has 0 unspecified atom stereocenters. The summed E-state index contributed by atoms with van der Waals surface area (Å²) in [6, 6.07) is 15.5. The van der Waals surface area contributed by atoms with Crippen LogP contribution in [0.1, 0.15) is 22.3 Å². The maximum absolute atomic E-state index is 8.72. The zero-order valence-electron chi connectivity index (χ0n) is 10.2. The molecule has 0 saturated carbocycles. The molecule has 2 aromatic carbocycles. The first-order chi connectivity index (χ1) is 8.69. The number of hydrogen-bond acceptors (Lipinski definition) is 2. The van der Waals surface area contributed by atoms with Crippen LogP contribution in [0.2, 0.25) is 0 Å². The predicted molar refractivity (Wildman–Crippen MR) is 75.7 cm³/mol. The van der Waals surface area contributed by atoms with Gasteiger partial charge in [0.15, 0.2) is 0 Å². The van der Waals surface area contributed by atoms with E-state index in [1.54, 1.807) is 12.1 Å². The summed E-state index contributed by atoms with van der Waals surface area (Å²) in [5.74, 6) is 0. The lowest BCUT2D eigenvalue weighted by Gasteiger charge is -2.01. The highest BCUT2D eigenvalue weighted by atomic mass is 14.5. The second kappa shape index (κ2) is 5.20. The molecule has 0 aliphatic heterocycles. The largest absolute Gasteiger partial charge is 0.398 e. The Morgan fingerprint density at radius 2 is 1.78 bits per heavy atom. The van der Waals surface area contributed by atoms with Crippen molar-refractivity contribution in [2.45, 2.75) is 6.92 Å². The van der Waals surface area contributed by atoms with Crippen molar-refractivity contribution in [1.29, 1.82) is 5.26 Å². The molecule has 0 amide bonds. The Bertz CT molecular complexity index is 617. The molecule has 2 rings (SSSR count). The molecular weight excluding hydrogens is 220 g/mol. The molecule has 2 N–H and O–H groups in total. The van der Waals surface area contributed by atoms with Crippen molar-refractivity contribution in [2.24, 2.45) is 0 Å². The zero-order valence-corrected chi connectivity index (χ0v) is 10.2. The summed E-state index contributed by atoms with van der Waals surface area (Å²) >= 11 is 0. The van der Waals surface area contributed by atoms with E-state index in [1.807, 2.05) is 43.3 Å². The zero-order chi connectivity index (χ0) is 13.0. The quantitative estimate of drug-likeness (QED) is 0.637.